The van der Waals surface area contributed by atoms with Crippen LogP contribution in [0.15, 0.2) is 29.3 Å². The lowest BCUT2D eigenvalue weighted by molar-refractivity contribution is -0.121. The molecule has 1 amide bonds. The molecule has 2 rings (SSSR count). The van der Waals surface area contributed by atoms with Gasteiger partial charge in [0, 0.05) is 49.0 Å². The fraction of sp³-hybridized carbons (Fsp3) is 0.429. The number of carbonyl (C=O) groups is 1. The van der Waals surface area contributed by atoms with E-state index in [1.54, 1.807) is 4.57 Å². The van der Waals surface area contributed by atoms with Crippen LogP contribution in [0, 0.1) is 13.8 Å². The highest BCUT2D eigenvalue weighted by atomic mass is 32.1. The molecule has 5 nitrogen and oxygen atoms in total. The Labute approximate surface area is 121 Å². The van der Waals surface area contributed by atoms with E-state index in [1.165, 1.54) is 11.3 Å². The predicted octanol–water partition coefficient (Wildman–Crippen LogP) is 1.53. The van der Waals surface area contributed by atoms with Gasteiger partial charge in [0.05, 0.1) is 0 Å². The first-order valence-corrected chi connectivity index (χ1v) is 7.44. The molecular weight excluding hydrogens is 274 g/mol. The molecule has 1 N–H and O–H groups in total. The molecule has 2 heterocycles. The minimum Gasteiger partial charge on any atom is -0.354 e. The fourth-order valence-electron chi connectivity index (χ4n) is 1.99. The molecule has 2 aromatic heterocycles. The molecule has 0 aliphatic rings. The van der Waals surface area contributed by atoms with Gasteiger partial charge < -0.3 is 14.5 Å². The average Bonchev–Trinajstić information content (AvgIpc) is 2.98. The maximum atomic E-state index is 11.7. The molecule has 0 aromatic carbocycles. The monoisotopic (exact) mass is 293 g/mol. The molecule has 20 heavy (non-hydrogen) atoms. The van der Waals surface area contributed by atoms with E-state index in [9.17, 15) is 9.59 Å². The van der Waals surface area contributed by atoms with Gasteiger partial charge in [-0.3, -0.25) is 9.59 Å². The first-order valence-electron chi connectivity index (χ1n) is 6.62. The maximum Gasteiger partial charge on any atom is 0.307 e. The van der Waals surface area contributed by atoms with Crippen molar-refractivity contribution < 1.29 is 4.79 Å². The summed E-state index contributed by atoms with van der Waals surface area (Å²) in [6.45, 7) is 5.65. The topological polar surface area (TPSA) is 56.0 Å². The van der Waals surface area contributed by atoms with E-state index in [1.807, 2.05) is 42.9 Å². The Morgan fingerprint density at radius 1 is 1.25 bits per heavy atom. The van der Waals surface area contributed by atoms with E-state index in [0.29, 0.717) is 19.5 Å². The van der Waals surface area contributed by atoms with E-state index < -0.39 is 0 Å². The van der Waals surface area contributed by atoms with Crippen LogP contribution >= 0.6 is 11.3 Å². The number of nitrogens with zero attached hydrogens (tertiary/aromatic N) is 2. The number of carbonyl (C=O) groups excluding carboxylic acids is 1. The Balaban J connectivity index is 1.76. The van der Waals surface area contributed by atoms with Crippen LogP contribution in [0.5, 0.6) is 0 Å². The van der Waals surface area contributed by atoms with Gasteiger partial charge in [0.25, 0.3) is 0 Å². The van der Waals surface area contributed by atoms with E-state index in [4.69, 9.17) is 0 Å². The van der Waals surface area contributed by atoms with Crippen LogP contribution in [-0.2, 0) is 17.9 Å². The van der Waals surface area contributed by atoms with Crippen molar-refractivity contribution in [2.45, 2.75) is 33.4 Å². The van der Waals surface area contributed by atoms with Gasteiger partial charge in [-0.15, -0.1) is 0 Å². The van der Waals surface area contributed by atoms with Crippen molar-refractivity contribution in [1.82, 2.24) is 14.5 Å². The highest BCUT2D eigenvalue weighted by molar-refractivity contribution is 7.09. The molecule has 0 radical (unpaired) electrons. The van der Waals surface area contributed by atoms with Gasteiger partial charge in [-0.2, -0.15) is 0 Å². The molecule has 0 bridgehead atoms. The Bertz CT molecular complexity index is 625. The SMILES string of the molecule is Cc1sc(=O)n(CCC(=O)NCCn2cccc2)c1C. The van der Waals surface area contributed by atoms with Crippen molar-refractivity contribution in [3.8, 4) is 0 Å². The number of aromatic nitrogens is 2. The number of amides is 1. The smallest absolute Gasteiger partial charge is 0.307 e. The van der Waals surface area contributed by atoms with Gasteiger partial charge in [-0.25, -0.2) is 0 Å². The summed E-state index contributed by atoms with van der Waals surface area (Å²) in [7, 11) is 0. The largest absolute Gasteiger partial charge is 0.354 e. The summed E-state index contributed by atoms with van der Waals surface area (Å²) in [4.78, 5) is 24.5. The van der Waals surface area contributed by atoms with Crippen LogP contribution in [0.3, 0.4) is 0 Å². The minimum absolute atomic E-state index is 0.0140. The van der Waals surface area contributed by atoms with E-state index in [-0.39, 0.29) is 10.8 Å². The quantitative estimate of drug-likeness (QED) is 0.878. The van der Waals surface area contributed by atoms with Crippen molar-refractivity contribution in [2.24, 2.45) is 0 Å². The average molecular weight is 293 g/mol. The number of nitrogens with one attached hydrogen (secondary N) is 1. The lowest BCUT2D eigenvalue weighted by atomic mass is 10.3. The molecular formula is C14H19N3O2S. The lowest BCUT2D eigenvalue weighted by Crippen LogP contribution is -2.29. The molecule has 0 saturated carbocycles. The van der Waals surface area contributed by atoms with E-state index in [2.05, 4.69) is 5.32 Å². The molecule has 0 fully saturated rings. The van der Waals surface area contributed by atoms with Crippen molar-refractivity contribution in [2.75, 3.05) is 6.54 Å². The van der Waals surface area contributed by atoms with Gasteiger partial charge in [0.1, 0.15) is 0 Å². The molecule has 0 aliphatic heterocycles. The summed E-state index contributed by atoms with van der Waals surface area (Å²) >= 11 is 1.24. The third-order valence-electron chi connectivity index (χ3n) is 3.30. The lowest BCUT2D eigenvalue weighted by Gasteiger charge is -2.07. The van der Waals surface area contributed by atoms with E-state index >= 15 is 0 Å². The van der Waals surface area contributed by atoms with Crippen LogP contribution in [-0.4, -0.2) is 21.6 Å². The standard InChI is InChI=1S/C14H19N3O2S/c1-11-12(2)20-14(19)17(11)9-5-13(18)15-6-10-16-7-3-4-8-16/h3-4,7-8H,5-6,9-10H2,1-2H3,(H,15,18). The normalized spacial score (nSPS) is 10.7. The first-order chi connectivity index (χ1) is 9.58. The highest BCUT2D eigenvalue weighted by Gasteiger charge is 2.09. The third kappa shape index (κ3) is 3.60. The summed E-state index contributed by atoms with van der Waals surface area (Å²) in [6.07, 6.45) is 4.26. The molecule has 108 valence electrons. The van der Waals surface area contributed by atoms with Crippen molar-refractivity contribution in [3.05, 3.63) is 44.8 Å². The second-order valence-electron chi connectivity index (χ2n) is 4.68. The minimum atomic E-state index is -0.0210. The number of hydrogen-bond acceptors (Lipinski definition) is 3. The number of hydrogen-bond donors (Lipinski definition) is 1. The van der Waals surface area contributed by atoms with Crippen LogP contribution < -0.4 is 10.2 Å². The molecule has 0 spiro atoms. The van der Waals surface area contributed by atoms with Crippen molar-refractivity contribution in [1.29, 1.82) is 0 Å². The van der Waals surface area contributed by atoms with Gasteiger partial charge in [-0.05, 0) is 26.0 Å². The number of rotatable bonds is 6. The van der Waals surface area contributed by atoms with Gasteiger partial charge >= 0.3 is 4.87 Å². The zero-order valence-corrected chi connectivity index (χ0v) is 12.6. The summed E-state index contributed by atoms with van der Waals surface area (Å²) in [5.74, 6) is -0.0210. The predicted molar refractivity (Wildman–Crippen MR) is 80.1 cm³/mol. The number of thiazole rings is 1. The van der Waals surface area contributed by atoms with Crippen LogP contribution in [0.1, 0.15) is 17.0 Å². The number of aryl methyl sites for hydroxylation is 1. The Hall–Kier alpha value is -1.82. The van der Waals surface area contributed by atoms with Crippen molar-refractivity contribution >= 4 is 17.2 Å². The molecule has 0 unspecified atom stereocenters. The zero-order chi connectivity index (χ0) is 14.5. The molecule has 0 saturated heterocycles. The Kier molecular flexibility index (Phi) is 4.79. The maximum absolute atomic E-state index is 11.7. The second-order valence-corrected chi connectivity index (χ2v) is 5.85. The third-order valence-corrected chi connectivity index (χ3v) is 4.29. The van der Waals surface area contributed by atoms with Crippen molar-refractivity contribution in [3.63, 3.8) is 0 Å². The van der Waals surface area contributed by atoms with Gasteiger partial charge in [0.2, 0.25) is 5.91 Å². The Morgan fingerprint density at radius 2 is 1.95 bits per heavy atom. The fourth-order valence-corrected chi connectivity index (χ4v) is 2.85. The molecule has 0 aliphatic carbocycles. The second kappa shape index (κ2) is 6.56. The first kappa shape index (κ1) is 14.6. The molecule has 2 aromatic rings. The van der Waals surface area contributed by atoms with Gasteiger partial charge in [0.15, 0.2) is 0 Å². The summed E-state index contributed by atoms with van der Waals surface area (Å²) in [6, 6.07) is 3.91. The summed E-state index contributed by atoms with van der Waals surface area (Å²) in [5.41, 5.74) is 0.958. The van der Waals surface area contributed by atoms with Crippen LogP contribution in [0.25, 0.3) is 0 Å². The molecule has 0 atom stereocenters. The van der Waals surface area contributed by atoms with Crippen LogP contribution in [0.2, 0.25) is 0 Å². The Morgan fingerprint density at radius 3 is 2.55 bits per heavy atom. The zero-order valence-electron chi connectivity index (χ0n) is 11.8. The molecule has 6 heteroatoms. The summed E-state index contributed by atoms with van der Waals surface area (Å²) in [5, 5.41) is 2.87. The van der Waals surface area contributed by atoms with E-state index in [0.717, 1.165) is 17.1 Å². The highest BCUT2D eigenvalue weighted by Crippen LogP contribution is 2.09. The van der Waals surface area contributed by atoms with Crippen LogP contribution in [0.4, 0.5) is 0 Å². The van der Waals surface area contributed by atoms with Gasteiger partial charge in [-0.1, -0.05) is 11.3 Å². The summed E-state index contributed by atoms with van der Waals surface area (Å²) < 4.78 is 3.68.